The first-order valence-corrected chi connectivity index (χ1v) is 15.0. The van der Waals surface area contributed by atoms with Gasteiger partial charge in [-0.1, -0.05) is 12.1 Å². The molecule has 3 saturated heterocycles. The van der Waals surface area contributed by atoms with E-state index in [1.165, 1.54) is 56.8 Å². The molecule has 10 nitrogen and oxygen atoms in total. The van der Waals surface area contributed by atoms with Crippen molar-refractivity contribution in [3.8, 4) is 17.0 Å². The number of phenols is 1. The maximum absolute atomic E-state index is 10.4. The van der Waals surface area contributed by atoms with Crippen LogP contribution in [0.25, 0.3) is 22.3 Å². The summed E-state index contributed by atoms with van der Waals surface area (Å²) in [7, 11) is 0. The van der Waals surface area contributed by atoms with Crippen molar-refractivity contribution < 1.29 is 5.11 Å². The fourth-order valence-corrected chi connectivity index (χ4v) is 7.51. The van der Waals surface area contributed by atoms with Crippen molar-refractivity contribution in [2.75, 3.05) is 62.2 Å². The second kappa shape index (κ2) is 9.66. The smallest absolute Gasteiger partial charge is 0.225 e. The molecule has 0 radical (unpaired) electrons. The van der Waals surface area contributed by atoms with E-state index >= 15 is 0 Å². The average molecular weight is 552 g/mol. The Morgan fingerprint density at radius 3 is 2.54 bits per heavy atom. The van der Waals surface area contributed by atoms with E-state index in [4.69, 9.17) is 9.97 Å². The molecule has 1 atom stereocenters. The number of para-hydroxylation sites is 1. The van der Waals surface area contributed by atoms with Gasteiger partial charge in [0.25, 0.3) is 0 Å². The maximum atomic E-state index is 10.4. The van der Waals surface area contributed by atoms with Crippen molar-refractivity contribution >= 4 is 22.7 Å². The zero-order valence-corrected chi connectivity index (χ0v) is 23.6. The largest absolute Gasteiger partial charge is 0.507 e. The van der Waals surface area contributed by atoms with Crippen molar-refractivity contribution in [3.05, 3.63) is 54.0 Å². The summed E-state index contributed by atoms with van der Waals surface area (Å²) in [6, 6.07) is 9.36. The molecule has 0 saturated carbocycles. The number of piperidine rings is 1. The van der Waals surface area contributed by atoms with Crippen LogP contribution in [-0.4, -0.2) is 87.5 Å². The number of benzene rings is 1. The van der Waals surface area contributed by atoms with Crippen LogP contribution < -0.4 is 15.1 Å². The molecule has 212 valence electrons. The van der Waals surface area contributed by atoms with Gasteiger partial charge in [0.2, 0.25) is 5.95 Å². The molecule has 0 amide bonds. The van der Waals surface area contributed by atoms with Gasteiger partial charge in [-0.3, -0.25) is 0 Å². The highest BCUT2D eigenvalue weighted by molar-refractivity contribution is 5.86. The molecule has 4 aromatic rings. The fourth-order valence-electron chi connectivity index (χ4n) is 7.51. The van der Waals surface area contributed by atoms with E-state index in [0.29, 0.717) is 16.7 Å². The summed E-state index contributed by atoms with van der Waals surface area (Å²) in [5, 5.41) is 23.7. The molecule has 1 aromatic carbocycles. The van der Waals surface area contributed by atoms with E-state index in [1.54, 1.807) is 6.07 Å². The zero-order valence-electron chi connectivity index (χ0n) is 23.6. The molecule has 4 aliphatic heterocycles. The number of rotatable bonds is 5. The topological polar surface area (TPSA) is 109 Å². The van der Waals surface area contributed by atoms with Crippen LogP contribution in [0.2, 0.25) is 0 Å². The third kappa shape index (κ3) is 4.31. The number of phenolic OH excluding ortho intramolecular Hbond substituents is 1. The monoisotopic (exact) mass is 551 g/mol. The summed E-state index contributed by atoms with van der Waals surface area (Å²) in [5.74, 6) is 1.76. The first-order chi connectivity index (χ1) is 20.1. The van der Waals surface area contributed by atoms with Gasteiger partial charge in [-0.25, -0.2) is 9.97 Å². The minimum Gasteiger partial charge on any atom is -0.507 e. The predicted octanol–water partition coefficient (Wildman–Crippen LogP) is 3.37. The van der Waals surface area contributed by atoms with Crippen LogP contribution in [0.1, 0.15) is 37.1 Å². The number of H-pyrrole nitrogens is 1. The van der Waals surface area contributed by atoms with E-state index < -0.39 is 0 Å². The number of anilines is 2. The van der Waals surface area contributed by atoms with Crippen LogP contribution in [0.3, 0.4) is 0 Å². The molecule has 7 heterocycles. The van der Waals surface area contributed by atoms with Crippen LogP contribution in [0.4, 0.5) is 11.6 Å². The van der Waals surface area contributed by atoms with E-state index in [-0.39, 0.29) is 11.8 Å². The third-order valence-electron chi connectivity index (χ3n) is 9.84. The van der Waals surface area contributed by atoms with E-state index in [1.807, 2.05) is 36.7 Å². The minimum absolute atomic E-state index is 0.0758. The van der Waals surface area contributed by atoms with Gasteiger partial charge in [0.1, 0.15) is 5.75 Å². The van der Waals surface area contributed by atoms with Crippen molar-refractivity contribution in [2.24, 2.45) is 11.3 Å². The number of aromatic nitrogens is 5. The fraction of sp³-hybridized carbons (Fsp3) is 0.484. The van der Waals surface area contributed by atoms with Crippen molar-refractivity contribution in [3.63, 3.8) is 0 Å². The maximum Gasteiger partial charge on any atom is 0.225 e. The molecule has 41 heavy (non-hydrogen) atoms. The van der Waals surface area contributed by atoms with Gasteiger partial charge in [0.15, 0.2) is 5.65 Å². The molecule has 3 N–H and O–H groups in total. The summed E-state index contributed by atoms with van der Waals surface area (Å²) < 4.78 is 0. The first kappa shape index (κ1) is 25.0. The SMILES string of the molecule is CC1c2c([nH]c3nnc(-c4ccccc4O)cc23)CCN1c1ncc(N2CCC(CN3CC4(CNC4)C3)CC2)cn1. The van der Waals surface area contributed by atoms with Crippen LogP contribution in [0.15, 0.2) is 42.7 Å². The number of aromatic hydroxyl groups is 1. The van der Waals surface area contributed by atoms with Crippen LogP contribution in [-0.2, 0) is 6.42 Å². The first-order valence-electron chi connectivity index (χ1n) is 15.0. The van der Waals surface area contributed by atoms with Crippen LogP contribution in [0, 0.1) is 11.3 Å². The molecule has 4 aliphatic rings. The lowest BCUT2D eigenvalue weighted by Crippen LogP contribution is -2.71. The number of fused-ring (bicyclic) bond motifs is 3. The van der Waals surface area contributed by atoms with Crippen LogP contribution >= 0.6 is 0 Å². The van der Waals surface area contributed by atoms with Crippen molar-refractivity contribution in [2.45, 2.75) is 32.2 Å². The predicted molar refractivity (Wildman–Crippen MR) is 159 cm³/mol. The van der Waals surface area contributed by atoms with Gasteiger partial charge in [-0.2, -0.15) is 0 Å². The second-order valence-electron chi connectivity index (χ2n) is 12.6. The normalized spacial score (nSPS) is 22.5. The number of nitrogens with one attached hydrogen (secondary N) is 2. The standard InChI is InChI=1S/C31H37N9O/c1-20-28-24-12-26(23-4-2-3-5-27(23)41)36-37-29(24)35-25(28)8-11-40(20)30-33-13-22(14-34-30)39-9-6-21(7-10-39)15-38-18-31(19-38)16-32-17-31/h2-5,12-14,20-21,32,41H,6-11,15-19H2,1H3,(H,35,37). The summed E-state index contributed by atoms with van der Waals surface area (Å²) in [4.78, 5) is 20.6. The molecular weight excluding hydrogens is 514 g/mol. The number of hydrogen-bond donors (Lipinski definition) is 3. The molecule has 1 spiro atoms. The molecule has 10 heteroatoms. The number of hydrogen-bond acceptors (Lipinski definition) is 9. The number of likely N-dealkylation sites (tertiary alicyclic amines) is 1. The Kier molecular flexibility index (Phi) is 5.89. The Morgan fingerprint density at radius 1 is 1.02 bits per heavy atom. The van der Waals surface area contributed by atoms with E-state index in [2.05, 4.69) is 42.1 Å². The summed E-state index contributed by atoms with van der Waals surface area (Å²) in [5.41, 5.74) is 6.24. The molecule has 0 bridgehead atoms. The van der Waals surface area contributed by atoms with Crippen molar-refractivity contribution in [1.29, 1.82) is 0 Å². The minimum atomic E-state index is 0.0758. The molecule has 8 rings (SSSR count). The lowest BCUT2D eigenvalue weighted by atomic mass is 9.74. The lowest BCUT2D eigenvalue weighted by molar-refractivity contribution is -0.0485. The third-order valence-corrected chi connectivity index (χ3v) is 9.84. The van der Waals surface area contributed by atoms with Gasteiger partial charge >= 0.3 is 0 Å². The molecular formula is C31H37N9O. The van der Waals surface area contributed by atoms with Crippen molar-refractivity contribution in [1.82, 2.24) is 35.4 Å². The van der Waals surface area contributed by atoms with E-state index in [9.17, 15) is 5.11 Å². The summed E-state index contributed by atoms with van der Waals surface area (Å²) in [6.07, 6.45) is 7.34. The quantitative estimate of drug-likeness (QED) is 0.344. The molecule has 0 aliphatic carbocycles. The summed E-state index contributed by atoms with van der Waals surface area (Å²) in [6.45, 7) is 11.5. The Hall–Kier alpha value is -3.76. The van der Waals surface area contributed by atoms with Gasteiger partial charge < -0.3 is 30.1 Å². The van der Waals surface area contributed by atoms with Gasteiger partial charge in [0.05, 0.1) is 29.8 Å². The number of aromatic amines is 1. The van der Waals surface area contributed by atoms with Gasteiger partial charge in [-0.15, -0.1) is 10.2 Å². The highest BCUT2D eigenvalue weighted by Gasteiger charge is 2.47. The van der Waals surface area contributed by atoms with Crippen LogP contribution in [0.5, 0.6) is 5.75 Å². The number of nitrogens with zero attached hydrogens (tertiary/aromatic N) is 7. The summed E-state index contributed by atoms with van der Waals surface area (Å²) >= 11 is 0. The Labute approximate surface area is 239 Å². The van der Waals surface area contributed by atoms with Gasteiger partial charge in [-0.05, 0) is 43.9 Å². The highest BCUT2D eigenvalue weighted by atomic mass is 16.3. The van der Waals surface area contributed by atoms with Gasteiger partial charge in [0, 0.05) is 86.4 Å². The average Bonchev–Trinajstić information content (AvgIpc) is 3.33. The molecule has 3 aromatic heterocycles. The Bertz CT molecular complexity index is 1560. The lowest BCUT2D eigenvalue weighted by Gasteiger charge is -2.57. The second-order valence-corrected chi connectivity index (χ2v) is 12.6. The zero-order chi connectivity index (χ0) is 27.6. The Balaban J connectivity index is 0.951. The molecule has 3 fully saturated rings. The Morgan fingerprint density at radius 2 is 1.80 bits per heavy atom. The highest BCUT2D eigenvalue weighted by Crippen LogP contribution is 2.39. The molecule has 1 unspecified atom stereocenters. The van der Waals surface area contributed by atoms with E-state index in [0.717, 1.165) is 54.6 Å².